The van der Waals surface area contributed by atoms with Crippen LogP contribution in [-0.2, 0) is 16.0 Å². The van der Waals surface area contributed by atoms with Gasteiger partial charge in [-0.25, -0.2) is 0 Å². The number of rotatable bonds is 4. The van der Waals surface area contributed by atoms with E-state index in [9.17, 15) is 5.11 Å². The number of hydrogen-bond donors (Lipinski definition) is 1. The lowest BCUT2D eigenvalue weighted by Gasteiger charge is -2.32. The van der Waals surface area contributed by atoms with E-state index in [1.165, 1.54) is 10.8 Å². The largest absolute Gasteiger partial charge is 0.388 e. The molecule has 0 radical (unpaired) electrons. The lowest BCUT2D eigenvalue weighted by molar-refractivity contribution is -0.237. The van der Waals surface area contributed by atoms with Crippen molar-refractivity contribution < 1.29 is 14.6 Å². The number of aliphatic imine (C=N–C) groups is 1. The lowest BCUT2D eigenvalue weighted by atomic mass is 10.0. The Morgan fingerprint density at radius 3 is 2.62 bits per heavy atom. The van der Waals surface area contributed by atoms with E-state index in [1.54, 1.807) is 6.21 Å². The van der Waals surface area contributed by atoms with Gasteiger partial charge in [0.1, 0.15) is 12.2 Å². The molecule has 26 heavy (non-hydrogen) atoms. The smallest absolute Gasteiger partial charge is 0.184 e. The van der Waals surface area contributed by atoms with E-state index in [0.717, 1.165) is 11.1 Å². The first kappa shape index (κ1) is 16.9. The third-order valence-corrected chi connectivity index (χ3v) is 4.54. The van der Waals surface area contributed by atoms with Crippen LogP contribution in [0.5, 0.6) is 0 Å². The van der Waals surface area contributed by atoms with Crippen LogP contribution in [0.25, 0.3) is 10.8 Å². The normalized spacial score (nSPS) is 23.5. The molecule has 1 aliphatic rings. The van der Waals surface area contributed by atoms with Gasteiger partial charge in [0.05, 0.1) is 13.2 Å². The molecule has 0 aliphatic carbocycles. The van der Waals surface area contributed by atoms with Crippen LogP contribution in [0, 0.1) is 0 Å². The molecule has 1 fully saturated rings. The summed E-state index contributed by atoms with van der Waals surface area (Å²) in [4.78, 5) is 4.53. The van der Waals surface area contributed by atoms with Crippen LogP contribution in [-0.4, -0.2) is 30.1 Å². The SMILES string of the molecule is O[C@@H]1CO[C@@H](c2ccccc2)O[C@H]1C=NCc1cccc2ccccc12. The second-order valence-corrected chi connectivity index (χ2v) is 6.37. The van der Waals surface area contributed by atoms with Crippen molar-refractivity contribution in [1.82, 2.24) is 0 Å². The first-order chi connectivity index (χ1) is 12.8. The molecule has 0 spiro atoms. The van der Waals surface area contributed by atoms with Crippen molar-refractivity contribution in [1.29, 1.82) is 0 Å². The summed E-state index contributed by atoms with van der Waals surface area (Å²) in [7, 11) is 0. The van der Waals surface area contributed by atoms with Gasteiger partial charge in [-0.3, -0.25) is 4.99 Å². The standard InChI is InChI=1S/C22H21NO3/c24-20-15-25-22(17-8-2-1-3-9-17)26-21(20)14-23-13-18-11-6-10-16-7-4-5-12-19(16)18/h1-12,14,20-22,24H,13,15H2/t20-,21+,22-/m1/s1. The third kappa shape index (κ3) is 3.68. The van der Waals surface area contributed by atoms with Crippen LogP contribution in [0.3, 0.4) is 0 Å². The van der Waals surface area contributed by atoms with Crippen molar-refractivity contribution in [2.75, 3.05) is 6.61 Å². The molecule has 3 aromatic rings. The van der Waals surface area contributed by atoms with Crippen LogP contribution in [0.4, 0.5) is 0 Å². The molecule has 4 rings (SSSR count). The minimum atomic E-state index is -0.716. The predicted octanol–water partition coefficient (Wildman–Crippen LogP) is 3.89. The number of aliphatic hydroxyl groups excluding tert-OH is 1. The van der Waals surface area contributed by atoms with Crippen molar-refractivity contribution in [2.24, 2.45) is 4.99 Å². The highest BCUT2D eigenvalue weighted by atomic mass is 16.7. The fraction of sp³-hybridized carbons (Fsp3) is 0.227. The molecule has 4 nitrogen and oxygen atoms in total. The fourth-order valence-electron chi connectivity index (χ4n) is 3.16. The van der Waals surface area contributed by atoms with E-state index in [1.807, 2.05) is 48.5 Å². The minimum Gasteiger partial charge on any atom is -0.388 e. The van der Waals surface area contributed by atoms with Gasteiger partial charge in [-0.15, -0.1) is 0 Å². The summed E-state index contributed by atoms with van der Waals surface area (Å²) >= 11 is 0. The molecule has 3 aromatic carbocycles. The molecule has 1 heterocycles. The Morgan fingerprint density at radius 2 is 1.73 bits per heavy atom. The van der Waals surface area contributed by atoms with Crippen molar-refractivity contribution in [3.63, 3.8) is 0 Å². The maximum atomic E-state index is 10.2. The van der Waals surface area contributed by atoms with Gasteiger partial charge in [-0.2, -0.15) is 0 Å². The average molecular weight is 347 g/mol. The molecule has 1 aliphatic heterocycles. The van der Waals surface area contributed by atoms with Gasteiger partial charge in [-0.05, 0) is 16.3 Å². The van der Waals surface area contributed by atoms with Gasteiger partial charge in [0.15, 0.2) is 6.29 Å². The molecule has 0 amide bonds. The molecule has 0 saturated carbocycles. The fourth-order valence-corrected chi connectivity index (χ4v) is 3.16. The molecule has 132 valence electrons. The highest BCUT2D eigenvalue weighted by Crippen LogP contribution is 2.26. The Kier molecular flexibility index (Phi) is 5.07. The Morgan fingerprint density at radius 1 is 0.962 bits per heavy atom. The summed E-state index contributed by atoms with van der Waals surface area (Å²) in [6, 6.07) is 24.2. The molecule has 1 saturated heterocycles. The van der Waals surface area contributed by atoms with E-state index < -0.39 is 18.5 Å². The summed E-state index contributed by atoms with van der Waals surface area (Å²) in [5.41, 5.74) is 2.09. The van der Waals surface area contributed by atoms with Gasteiger partial charge in [0.25, 0.3) is 0 Å². The number of hydrogen-bond acceptors (Lipinski definition) is 4. The molecule has 1 N–H and O–H groups in total. The summed E-state index contributed by atoms with van der Waals surface area (Å²) in [5.74, 6) is 0. The highest BCUT2D eigenvalue weighted by Gasteiger charge is 2.30. The van der Waals surface area contributed by atoms with Crippen LogP contribution >= 0.6 is 0 Å². The van der Waals surface area contributed by atoms with Crippen LogP contribution < -0.4 is 0 Å². The predicted molar refractivity (Wildman–Crippen MR) is 102 cm³/mol. The number of fused-ring (bicyclic) bond motifs is 1. The number of benzene rings is 3. The zero-order valence-electron chi connectivity index (χ0n) is 14.4. The van der Waals surface area contributed by atoms with Gasteiger partial charge >= 0.3 is 0 Å². The average Bonchev–Trinajstić information content (AvgIpc) is 2.70. The number of aliphatic hydroxyl groups is 1. The van der Waals surface area contributed by atoms with Crippen LogP contribution in [0.15, 0.2) is 77.8 Å². The van der Waals surface area contributed by atoms with Gasteiger partial charge < -0.3 is 14.6 Å². The Bertz CT molecular complexity index is 889. The van der Waals surface area contributed by atoms with Gasteiger partial charge in [-0.1, -0.05) is 72.8 Å². The Balaban J connectivity index is 1.47. The summed E-state index contributed by atoms with van der Waals surface area (Å²) < 4.78 is 11.5. The molecular weight excluding hydrogens is 326 g/mol. The molecule has 3 atom stereocenters. The maximum Gasteiger partial charge on any atom is 0.184 e. The van der Waals surface area contributed by atoms with Gasteiger partial charge in [0, 0.05) is 11.8 Å². The summed E-state index contributed by atoms with van der Waals surface area (Å²) in [5, 5.41) is 12.6. The first-order valence-electron chi connectivity index (χ1n) is 8.78. The lowest BCUT2D eigenvalue weighted by Crippen LogP contribution is -2.41. The highest BCUT2D eigenvalue weighted by molar-refractivity contribution is 5.85. The first-order valence-corrected chi connectivity index (χ1v) is 8.78. The zero-order chi connectivity index (χ0) is 17.8. The monoisotopic (exact) mass is 347 g/mol. The van der Waals surface area contributed by atoms with E-state index in [2.05, 4.69) is 29.3 Å². The molecule has 0 unspecified atom stereocenters. The Labute approximate surface area is 152 Å². The van der Waals surface area contributed by atoms with E-state index in [0.29, 0.717) is 6.54 Å². The van der Waals surface area contributed by atoms with E-state index in [4.69, 9.17) is 9.47 Å². The zero-order valence-corrected chi connectivity index (χ0v) is 14.4. The second-order valence-electron chi connectivity index (χ2n) is 6.37. The minimum absolute atomic E-state index is 0.227. The molecule has 0 aromatic heterocycles. The van der Waals surface area contributed by atoms with E-state index in [-0.39, 0.29) is 6.61 Å². The maximum absolute atomic E-state index is 10.2. The van der Waals surface area contributed by atoms with Crippen molar-refractivity contribution in [3.8, 4) is 0 Å². The number of ether oxygens (including phenoxy) is 2. The molecule has 4 heteroatoms. The summed E-state index contributed by atoms with van der Waals surface area (Å²) in [6.07, 6.45) is 0.0222. The third-order valence-electron chi connectivity index (χ3n) is 4.54. The summed E-state index contributed by atoms with van der Waals surface area (Å²) in [6.45, 7) is 0.773. The number of nitrogens with zero attached hydrogens (tertiary/aromatic N) is 1. The van der Waals surface area contributed by atoms with E-state index >= 15 is 0 Å². The van der Waals surface area contributed by atoms with Crippen molar-refractivity contribution in [2.45, 2.75) is 25.0 Å². The topological polar surface area (TPSA) is 51.0 Å². The van der Waals surface area contributed by atoms with Crippen LogP contribution in [0.2, 0.25) is 0 Å². The Hall–Kier alpha value is -2.53. The molecular formula is C22H21NO3. The second kappa shape index (κ2) is 7.79. The van der Waals surface area contributed by atoms with Gasteiger partial charge in [0.2, 0.25) is 0 Å². The molecule has 0 bridgehead atoms. The van der Waals surface area contributed by atoms with Crippen molar-refractivity contribution in [3.05, 3.63) is 83.9 Å². The van der Waals surface area contributed by atoms with Crippen molar-refractivity contribution >= 4 is 17.0 Å². The van der Waals surface area contributed by atoms with Crippen LogP contribution in [0.1, 0.15) is 17.4 Å². The quantitative estimate of drug-likeness (QED) is 0.729.